The zero-order valence-electron chi connectivity index (χ0n) is 12.2. The first-order valence-electron chi connectivity index (χ1n) is 6.99. The minimum absolute atomic E-state index is 0. The summed E-state index contributed by atoms with van der Waals surface area (Å²) < 4.78 is 5.28. The summed E-state index contributed by atoms with van der Waals surface area (Å²) >= 11 is 0. The van der Waals surface area contributed by atoms with Gasteiger partial charge < -0.3 is 20.7 Å². The number of morpholine rings is 1. The Balaban J connectivity index is 0.00000361. The number of halogens is 1. The van der Waals surface area contributed by atoms with E-state index < -0.39 is 0 Å². The van der Waals surface area contributed by atoms with Gasteiger partial charge in [-0.2, -0.15) is 0 Å². The van der Waals surface area contributed by atoms with Crippen LogP contribution in [-0.4, -0.2) is 50.2 Å². The van der Waals surface area contributed by atoms with Crippen LogP contribution in [0.4, 0.5) is 0 Å². The molecular weight excluding hydrogens is 282 g/mol. The lowest BCUT2D eigenvalue weighted by atomic mass is 10.2. The van der Waals surface area contributed by atoms with Gasteiger partial charge in [0, 0.05) is 38.0 Å². The molecule has 2 unspecified atom stereocenters. The smallest absolute Gasteiger partial charge is 0.221 e. The highest BCUT2D eigenvalue weighted by Gasteiger charge is 2.16. The lowest BCUT2D eigenvalue weighted by Gasteiger charge is -2.23. The zero-order valence-corrected chi connectivity index (χ0v) is 13.1. The van der Waals surface area contributed by atoms with Crippen molar-refractivity contribution < 1.29 is 14.3 Å². The van der Waals surface area contributed by atoms with Gasteiger partial charge >= 0.3 is 0 Å². The van der Waals surface area contributed by atoms with Crippen molar-refractivity contribution in [1.82, 2.24) is 16.0 Å². The van der Waals surface area contributed by atoms with Gasteiger partial charge in [0.2, 0.25) is 11.8 Å². The van der Waals surface area contributed by atoms with Crippen molar-refractivity contribution in [2.75, 3.05) is 26.3 Å². The highest BCUT2D eigenvalue weighted by atomic mass is 35.5. The molecule has 7 heteroatoms. The highest BCUT2D eigenvalue weighted by Crippen LogP contribution is 1.98. The van der Waals surface area contributed by atoms with Crippen LogP contribution in [0.2, 0.25) is 0 Å². The minimum Gasteiger partial charge on any atom is -0.378 e. The van der Waals surface area contributed by atoms with Crippen LogP contribution < -0.4 is 16.0 Å². The molecule has 1 aliphatic rings. The zero-order chi connectivity index (χ0) is 14.1. The summed E-state index contributed by atoms with van der Waals surface area (Å²) in [5.74, 6) is -0.0619. The van der Waals surface area contributed by atoms with E-state index in [0.29, 0.717) is 32.6 Å². The molecule has 6 nitrogen and oxygen atoms in total. The maximum atomic E-state index is 11.6. The Bertz CT molecular complexity index is 297. The van der Waals surface area contributed by atoms with Gasteiger partial charge in [-0.15, -0.1) is 12.4 Å². The summed E-state index contributed by atoms with van der Waals surface area (Å²) in [6.07, 6.45) is 1.63. The molecule has 0 aromatic heterocycles. The van der Waals surface area contributed by atoms with Crippen molar-refractivity contribution in [3.05, 3.63) is 0 Å². The number of nitrogens with one attached hydrogen (secondary N) is 3. The Morgan fingerprint density at radius 1 is 1.40 bits per heavy atom. The largest absolute Gasteiger partial charge is 0.378 e. The van der Waals surface area contributed by atoms with E-state index in [1.165, 1.54) is 0 Å². The van der Waals surface area contributed by atoms with Crippen LogP contribution in [0, 0.1) is 0 Å². The van der Waals surface area contributed by atoms with E-state index in [2.05, 4.69) is 16.0 Å². The summed E-state index contributed by atoms with van der Waals surface area (Å²) in [7, 11) is 0. The van der Waals surface area contributed by atoms with Crippen molar-refractivity contribution >= 4 is 24.2 Å². The van der Waals surface area contributed by atoms with E-state index in [-0.39, 0.29) is 36.3 Å². The molecule has 1 saturated heterocycles. The van der Waals surface area contributed by atoms with Gasteiger partial charge in [0.25, 0.3) is 0 Å². The molecule has 0 spiro atoms. The summed E-state index contributed by atoms with van der Waals surface area (Å²) in [6, 6.07) is 0.273. The summed E-state index contributed by atoms with van der Waals surface area (Å²) in [5.41, 5.74) is 0. The molecule has 3 N–H and O–H groups in total. The molecule has 118 valence electrons. The monoisotopic (exact) mass is 307 g/mol. The minimum atomic E-state index is -0.0423. The Hall–Kier alpha value is -0.850. The maximum Gasteiger partial charge on any atom is 0.221 e. The Kier molecular flexibility index (Phi) is 10.4. The third kappa shape index (κ3) is 8.35. The number of rotatable bonds is 7. The van der Waals surface area contributed by atoms with E-state index in [9.17, 15) is 9.59 Å². The highest BCUT2D eigenvalue weighted by molar-refractivity contribution is 5.85. The fourth-order valence-corrected chi connectivity index (χ4v) is 1.81. The van der Waals surface area contributed by atoms with Crippen LogP contribution >= 0.6 is 12.4 Å². The second-order valence-electron chi connectivity index (χ2n) is 4.91. The molecule has 2 atom stereocenters. The van der Waals surface area contributed by atoms with E-state index in [4.69, 9.17) is 4.74 Å². The standard InChI is InChI=1S/C13H25N3O3.ClH/c1-3-10(2)16-12(17)4-5-15-13(18)8-11-9-19-7-6-14-11;/h10-11,14H,3-9H2,1-2H3,(H,15,18)(H,16,17);1H. The Morgan fingerprint density at radius 2 is 2.15 bits per heavy atom. The predicted molar refractivity (Wildman–Crippen MR) is 80.0 cm³/mol. The summed E-state index contributed by atoms with van der Waals surface area (Å²) in [6.45, 7) is 6.43. The number of hydrogen-bond acceptors (Lipinski definition) is 4. The van der Waals surface area contributed by atoms with Crippen LogP contribution in [0.1, 0.15) is 33.1 Å². The molecule has 1 fully saturated rings. The molecular formula is C13H26ClN3O3. The van der Waals surface area contributed by atoms with Crippen molar-refractivity contribution in [1.29, 1.82) is 0 Å². The Labute approximate surface area is 126 Å². The lowest BCUT2D eigenvalue weighted by molar-refractivity contribution is -0.123. The van der Waals surface area contributed by atoms with E-state index in [0.717, 1.165) is 13.0 Å². The van der Waals surface area contributed by atoms with Gasteiger partial charge in [0.15, 0.2) is 0 Å². The van der Waals surface area contributed by atoms with Crippen LogP contribution in [0.3, 0.4) is 0 Å². The maximum absolute atomic E-state index is 11.6. The summed E-state index contributed by atoms with van der Waals surface area (Å²) in [4.78, 5) is 23.1. The van der Waals surface area contributed by atoms with Crippen LogP contribution in [0.15, 0.2) is 0 Å². The van der Waals surface area contributed by atoms with Gasteiger partial charge in [0.05, 0.1) is 13.2 Å². The number of amides is 2. The quantitative estimate of drug-likeness (QED) is 0.628. The van der Waals surface area contributed by atoms with Gasteiger partial charge in [-0.05, 0) is 13.3 Å². The number of carbonyl (C=O) groups excluding carboxylic acids is 2. The molecule has 0 aliphatic carbocycles. The van der Waals surface area contributed by atoms with Crippen LogP contribution in [-0.2, 0) is 14.3 Å². The number of ether oxygens (including phenoxy) is 1. The summed E-state index contributed by atoms with van der Waals surface area (Å²) in [5, 5.41) is 8.84. The van der Waals surface area contributed by atoms with Gasteiger partial charge in [-0.3, -0.25) is 9.59 Å². The molecule has 1 aliphatic heterocycles. The van der Waals surface area contributed by atoms with Crippen molar-refractivity contribution in [2.45, 2.75) is 45.2 Å². The molecule has 0 bridgehead atoms. The van der Waals surface area contributed by atoms with Gasteiger partial charge in [0.1, 0.15) is 0 Å². The second kappa shape index (κ2) is 10.9. The van der Waals surface area contributed by atoms with E-state index in [1.807, 2.05) is 13.8 Å². The molecule has 2 amide bonds. The molecule has 20 heavy (non-hydrogen) atoms. The third-order valence-electron chi connectivity index (χ3n) is 3.12. The van der Waals surface area contributed by atoms with Crippen molar-refractivity contribution in [2.24, 2.45) is 0 Å². The normalized spacial score (nSPS) is 19.6. The average molecular weight is 308 g/mol. The number of carbonyl (C=O) groups is 2. The van der Waals surface area contributed by atoms with Crippen molar-refractivity contribution in [3.8, 4) is 0 Å². The third-order valence-corrected chi connectivity index (χ3v) is 3.12. The fraction of sp³-hybridized carbons (Fsp3) is 0.846. The fourth-order valence-electron chi connectivity index (χ4n) is 1.81. The molecule has 0 aromatic carbocycles. The second-order valence-corrected chi connectivity index (χ2v) is 4.91. The first kappa shape index (κ1) is 19.1. The first-order chi connectivity index (χ1) is 9.11. The molecule has 0 radical (unpaired) electrons. The molecule has 1 rings (SSSR count). The van der Waals surface area contributed by atoms with Crippen LogP contribution in [0.5, 0.6) is 0 Å². The SMILES string of the molecule is CCC(C)NC(=O)CCNC(=O)CC1COCCN1.Cl. The van der Waals surface area contributed by atoms with E-state index >= 15 is 0 Å². The molecule has 0 saturated carbocycles. The predicted octanol–water partition coefficient (Wildman–Crippen LogP) is 0.208. The Morgan fingerprint density at radius 3 is 2.75 bits per heavy atom. The lowest BCUT2D eigenvalue weighted by Crippen LogP contribution is -2.44. The first-order valence-corrected chi connectivity index (χ1v) is 6.99. The molecule has 0 aromatic rings. The number of hydrogen-bond donors (Lipinski definition) is 3. The van der Waals surface area contributed by atoms with Crippen LogP contribution in [0.25, 0.3) is 0 Å². The van der Waals surface area contributed by atoms with Crippen molar-refractivity contribution in [3.63, 3.8) is 0 Å². The van der Waals surface area contributed by atoms with Gasteiger partial charge in [-0.1, -0.05) is 6.92 Å². The average Bonchev–Trinajstić information content (AvgIpc) is 2.39. The topological polar surface area (TPSA) is 79.5 Å². The van der Waals surface area contributed by atoms with E-state index in [1.54, 1.807) is 0 Å². The van der Waals surface area contributed by atoms with Gasteiger partial charge in [-0.25, -0.2) is 0 Å². The molecule has 1 heterocycles.